The van der Waals surface area contributed by atoms with E-state index in [0.29, 0.717) is 19.4 Å². The molecule has 0 saturated heterocycles. The van der Waals surface area contributed by atoms with Gasteiger partial charge in [-0.15, -0.1) is 0 Å². The van der Waals surface area contributed by atoms with Crippen LogP contribution in [0.4, 0.5) is 0 Å². The van der Waals surface area contributed by atoms with Crippen LogP contribution in [0, 0.1) is 5.92 Å². The van der Waals surface area contributed by atoms with Gasteiger partial charge in [-0.25, -0.2) is 0 Å². The van der Waals surface area contributed by atoms with Crippen LogP contribution in [0.25, 0.3) is 0 Å². The van der Waals surface area contributed by atoms with E-state index in [1.165, 1.54) is 6.92 Å². The zero-order valence-electron chi connectivity index (χ0n) is 10.7. The van der Waals surface area contributed by atoms with Gasteiger partial charge in [-0.2, -0.15) is 0 Å². The number of esters is 1. The van der Waals surface area contributed by atoms with Crippen molar-refractivity contribution in [1.29, 1.82) is 0 Å². The lowest BCUT2D eigenvalue weighted by Gasteiger charge is -2.16. The van der Waals surface area contributed by atoms with Gasteiger partial charge in [-0.05, 0) is 18.8 Å². The number of carbonyl (C=O) groups excluding carboxylic acids is 1. The Bertz CT molecular complexity index is 252. The van der Waals surface area contributed by atoms with Crippen LogP contribution in [-0.4, -0.2) is 32.0 Å². The Kier molecular flexibility index (Phi) is 7.69. The van der Waals surface area contributed by atoms with Gasteiger partial charge in [0.1, 0.15) is 0 Å². The Balaban J connectivity index is 3.76. The largest absolute Gasteiger partial charge is 0.466 e. The van der Waals surface area contributed by atoms with Crippen LogP contribution in [0.3, 0.4) is 0 Å². The quantitative estimate of drug-likeness (QED) is 0.491. The molecule has 96 valence electrons. The number of hydrogen-bond acceptors (Lipinski definition) is 4. The van der Waals surface area contributed by atoms with Gasteiger partial charge in [0.05, 0.1) is 13.2 Å². The highest BCUT2D eigenvalue weighted by Gasteiger charge is 2.17. The molecule has 0 N–H and O–H groups in total. The molecule has 1 unspecified atom stereocenters. The number of carbonyl (C=O) groups is 1. The first-order chi connectivity index (χ1) is 7.37. The maximum absolute atomic E-state index is 11.9. The first kappa shape index (κ1) is 15.7. The molecule has 0 fully saturated rings. The van der Waals surface area contributed by atoms with Crippen LogP contribution in [0.15, 0.2) is 0 Å². The topological polar surface area (TPSA) is 52.6 Å². The third-order valence-electron chi connectivity index (χ3n) is 2.17. The maximum atomic E-state index is 11.9. The highest BCUT2D eigenvalue weighted by Crippen LogP contribution is 2.43. The molecule has 16 heavy (non-hydrogen) atoms. The SMILES string of the molecule is CCCOP(C)(=O)CC[C@H](C)COC(C)=O. The van der Waals surface area contributed by atoms with Gasteiger partial charge in [0.15, 0.2) is 7.37 Å². The Morgan fingerprint density at radius 3 is 2.56 bits per heavy atom. The predicted molar refractivity (Wildman–Crippen MR) is 65.1 cm³/mol. The maximum Gasteiger partial charge on any atom is 0.302 e. The summed E-state index contributed by atoms with van der Waals surface area (Å²) in [4.78, 5) is 10.6. The van der Waals surface area contributed by atoms with Gasteiger partial charge in [-0.3, -0.25) is 9.36 Å². The minimum Gasteiger partial charge on any atom is -0.466 e. The zero-order chi connectivity index (χ0) is 12.6. The standard InChI is InChI=1S/C11H23O4P/c1-5-7-15-16(4,13)8-6-10(2)9-14-11(3)12/h10H,5-9H2,1-4H3/t10-,16?/m0/s1. The van der Waals surface area contributed by atoms with Crippen molar-refractivity contribution in [2.24, 2.45) is 5.92 Å². The minimum absolute atomic E-state index is 0.224. The predicted octanol–water partition coefficient (Wildman–Crippen LogP) is 2.91. The molecule has 0 aliphatic rings. The summed E-state index contributed by atoms with van der Waals surface area (Å²) in [6, 6.07) is 0. The van der Waals surface area contributed by atoms with Crippen molar-refractivity contribution in [3.63, 3.8) is 0 Å². The smallest absolute Gasteiger partial charge is 0.302 e. The lowest BCUT2D eigenvalue weighted by atomic mass is 10.1. The van der Waals surface area contributed by atoms with E-state index in [4.69, 9.17) is 9.26 Å². The Labute approximate surface area is 98.2 Å². The van der Waals surface area contributed by atoms with Crippen LogP contribution in [-0.2, 0) is 18.6 Å². The van der Waals surface area contributed by atoms with Crippen molar-refractivity contribution < 1.29 is 18.6 Å². The summed E-state index contributed by atoms with van der Waals surface area (Å²) < 4.78 is 22.1. The van der Waals surface area contributed by atoms with Gasteiger partial charge in [0.2, 0.25) is 0 Å². The van der Waals surface area contributed by atoms with Gasteiger partial charge in [0, 0.05) is 19.8 Å². The molecule has 0 aromatic carbocycles. The molecule has 0 heterocycles. The number of hydrogen-bond donors (Lipinski definition) is 0. The van der Waals surface area contributed by atoms with E-state index in [-0.39, 0.29) is 11.9 Å². The van der Waals surface area contributed by atoms with Crippen LogP contribution < -0.4 is 0 Å². The summed E-state index contributed by atoms with van der Waals surface area (Å²) in [6.07, 6.45) is 2.18. The van der Waals surface area contributed by atoms with Crippen molar-refractivity contribution in [3.8, 4) is 0 Å². The summed E-state index contributed by atoms with van der Waals surface area (Å²) in [5, 5.41) is 0. The third kappa shape index (κ3) is 8.93. The lowest BCUT2D eigenvalue weighted by Crippen LogP contribution is -2.11. The van der Waals surface area contributed by atoms with E-state index >= 15 is 0 Å². The molecule has 0 aliphatic carbocycles. The fraction of sp³-hybridized carbons (Fsp3) is 0.909. The fourth-order valence-corrected chi connectivity index (χ4v) is 2.75. The van der Waals surface area contributed by atoms with E-state index in [9.17, 15) is 9.36 Å². The van der Waals surface area contributed by atoms with Crippen LogP contribution in [0.1, 0.15) is 33.6 Å². The second-order valence-electron chi connectivity index (χ2n) is 4.27. The van der Waals surface area contributed by atoms with Crippen LogP contribution >= 0.6 is 7.37 Å². The molecular weight excluding hydrogens is 227 g/mol. The molecule has 0 spiro atoms. The molecule has 4 nitrogen and oxygen atoms in total. The fourth-order valence-electron chi connectivity index (χ4n) is 1.15. The van der Waals surface area contributed by atoms with E-state index in [0.717, 1.165) is 12.8 Å². The molecule has 0 rings (SSSR count). The second-order valence-corrected chi connectivity index (χ2v) is 7.00. The average Bonchev–Trinajstić information content (AvgIpc) is 2.21. The minimum atomic E-state index is -2.45. The van der Waals surface area contributed by atoms with E-state index in [1.54, 1.807) is 6.66 Å². The molecule has 0 bridgehead atoms. The molecule has 0 radical (unpaired) electrons. The number of ether oxygens (including phenoxy) is 1. The van der Waals surface area contributed by atoms with Gasteiger partial charge < -0.3 is 9.26 Å². The zero-order valence-corrected chi connectivity index (χ0v) is 11.6. The van der Waals surface area contributed by atoms with E-state index in [2.05, 4.69) is 0 Å². The Hall–Kier alpha value is -0.340. The first-order valence-corrected chi connectivity index (χ1v) is 7.97. The van der Waals surface area contributed by atoms with Crippen LogP contribution in [0.5, 0.6) is 0 Å². The van der Waals surface area contributed by atoms with Crippen molar-refractivity contribution in [3.05, 3.63) is 0 Å². The molecule has 0 aromatic rings. The lowest BCUT2D eigenvalue weighted by molar-refractivity contribution is -0.142. The van der Waals surface area contributed by atoms with Crippen molar-refractivity contribution in [1.82, 2.24) is 0 Å². The normalized spacial score (nSPS) is 16.5. The second kappa shape index (κ2) is 7.86. The third-order valence-corrected chi connectivity index (χ3v) is 3.97. The molecular formula is C11H23O4P. The molecule has 2 atom stereocenters. The summed E-state index contributed by atoms with van der Waals surface area (Å²) in [7, 11) is -2.45. The summed E-state index contributed by atoms with van der Waals surface area (Å²) in [5.41, 5.74) is 0. The van der Waals surface area contributed by atoms with E-state index < -0.39 is 7.37 Å². The number of rotatable bonds is 8. The molecule has 0 amide bonds. The van der Waals surface area contributed by atoms with Gasteiger partial charge in [0.25, 0.3) is 0 Å². The summed E-state index contributed by atoms with van der Waals surface area (Å²) in [5.74, 6) is -0.0452. The monoisotopic (exact) mass is 250 g/mol. The van der Waals surface area contributed by atoms with Gasteiger partial charge >= 0.3 is 5.97 Å². The molecule has 5 heteroatoms. The van der Waals surface area contributed by atoms with Crippen LogP contribution in [0.2, 0.25) is 0 Å². The average molecular weight is 250 g/mol. The van der Waals surface area contributed by atoms with Crippen molar-refractivity contribution in [2.45, 2.75) is 33.6 Å². The Morgan fingerprint density at radius 1 is 1.44 bits per heavy atom. The highest BCUT2D eigenvalue weighted by molar-refractivity contribution is 7.58. The van der Waals surface area contributed by atoms with Crippen molar-refractivity contribution in [2.75, 3.05) is 26.0 Å². The molecule has 0 aromatic heterocycles. The summed E-state index contributed by atoms with van der Waals surface area (Å²) >= 11 is 0. The van der Waals surface area contributed by atoms with Gasteiger partial charge in [-0.1, -0.05) is 13.8 Å². The van der Waals surface area contributed by atoms with E-state index in [1.807, 2.05) is 13.8 Å². The summed E-state index contributed by atoms with van der Waals surface area (Å²) in [6.45, 7) is 7.96. The molecule has 0 aliphatic heterocycles. The Morgan fingerprint density at radius 2 is 2.06 bits per heavy atom. The highest BCUT2D eigenvalue weighted by atomic mass is 31.2. The van der Waals surface area contributed by atoms with Crippen molar-refractivity contribution >= 4 is 13.3 Å². The molecule has 0 saturated carbocycles. The first-order valence-electron chi connectivity index (χ1n) is 5.72.